The molecule has 7 heteroatoms. The van der Waals surface area contributed by atoms with E-state index in [1.165, 1.54) is 30.9 Å². The lowest BCUT2D eigenvalue weighted by Gasteiger charge is -2.39. The van der Waals surface area contributed by atoms with E-state index in [9.17, 15) is 14.4 Å². The largest absolute Gasteiger partial charge is 0.467 e. The lowest BCUT2D eigenvalue weighted by atomic mass is 10.1. The van der Waals surface area contributed by atoms with Crippen LogP contribution in [-0.2, 0) is 23.9 Å². The molecule has 1 atom stereocenters. The van der Waals surface area contributed by atoms with Crippen LogP contribution in [0.4, 0.5) is 0 Å². The molecule has 0 N–H and O–H groups in total. The highest BCUT2D eigenvalue weighted by molar-refractivity contribution is 5.85. The highest BCUT2D eigenvalue weighted by Gasteiger charge is 2.36. The Labute approximate surface area is 106 Å². The van der Waals surface area contributed by atoms with E-state index in [4.69, 9.17) is 4.74 Å². The van der Waals surface area contributed by atoms with Gasteiger partial charge in [-0.15, -0.1) is 0 Å². The first-order valence-corrected chi connectivity index (χ1v) is 5.63. The van der Waals surface area contributed by atoms with Gasteiger partial charge < -0.3 is 19.3 Å². The van der Waals surface area contributed by atoms with Crippen molar-refractivity contribution in [3.8, 4) is 0 Å². The minimum Gasteiger partial charge on any atom is -0.467 e. The van der Waals surface area contributed by atoms with Crippen molar-refractivity contribution in [1.82, 2.24) is 9.80 Å². The van der Waals surface area contributed by atoms with Crippen LogP contribution in [0, 0.1) is 0 Å². The number of rotatable bonds is 3. The predicted octanol–water partition coefficient (Wildman–Crippen LogP) is -1.13. The molecule has 0 radical (unpaired) electrons. The fourth-order valence-corrected chi connectivity index (χ4v) is 1.94. The van der Waals surface area contributed by atoms with Gasteiger partial charge in [0, 0.05) is 27.1 Å². The minimum atomic E-state index is -0.734. The van der Waals surface area contributed by atoms with Crippen molar-refractivity contribution >= 4 is 17.8 Å². The highest BCUT2D eigenvalue weighted by Crippen LogP contribution is 2.12. The molecule has 0 spiro atoms. The summed E-state index contributed by atoms with van der Waals surface area (Å²) >= 11 is 0. The second-order valence-electron chi connectivity index (χ2n) is 4.02. The van der Waals surface area contributed by atoms with Gasteiger partial charge in [0.1, 0.15) is 12.6 Å². The molecule has 1 fully saturated rings. The van der Waals surface area contributed by atoms with Crippen molar-refractivity contribution in [2.45, 2.75) is 13.0 Å². The van der Waals surface area contributed by atoms with E-state index < -0.39 is 12.0 Å². The third kappa shape index (κ3) is 3.19. The second-order valence-corrected chi connectivity index (χ2v) is 4.02. The summed E-state index contributed by atoms with van der Waals surface area (Å²) in [7, 11) is 2.69. The number of piperazine rings is 1. The Kier molecular flexibility index (Phi) is 5.08. The first kappa shape index (κ1) is 14.4. The Hall–Kier alpha value is -1.63. The van der Waals surface area contributed by atoms with E-state index in [-0.39, 0.29) is 25.0 Å². The maximum absolute atomic E-state index is 11.7. The van der Waals surface area contributed by atoms with E-state index in [1.54, 1.807) is 0 Å². The van der Waals surface area contributed by atoms with E-state index in [0.29, 0.717) is 13.1 Å². The van der Waals surface area contributed by atoms with E-state index >= 15 is 0 Å². The van der Waals surface area contributed by atoms with E-state index in [1.807, 2.05) is 0 Å². The predicted molar refractivity (Wildman–Crippen MR) is 61.6 cm³/mol. The number of carbonyl (C=O) groups is 3. The van der Waals surface area contributed by atoms with E-state index in [2.05, 4.69) is 4.74 Å². The minimum absolute atomic E-state index is 0.0338. The van der Waals surface area contributed by atoms with Crippen LogP contribution >= 0.6 is 0 Å². The van der Waals surface area contributed by atoms with Gasteiger partial charge in [0.2, 0.25) is 11.8 Å². The molecule has 1 heterocycles. The number of carbonyl (C=O) groups excluding carboxylic acids is 3. The Morgan fingerprint density at radius 3 is 2.39 bits per heavy atom. The topological polar surface area (TPSA) is 76.2 Å². The highest BCUT2D eigenvalue weighted by atomic mass is 16.5. The first-order valence-electron chi connectivity index (χ1n) is 5.63. The lowest BCUT2D eigenvalue weighted by molar-refractivity contribution is -0.158. The molecule has 1 aliphatic rings. The number of ether oxygens (including phenoxy) is 2. The van der Waals surface area contributed by atoms with Crippen molar-refractivity contribution in [1.29, 1.82) is 0 Å². The van der Waals surface area contributed by atoms with Gasteiger partial charge in [-0.1, -0.05) is 0 Å². The molecule has 0 saturated carbocycles. The fourth-order valence-electron chi connectivity index (χ4n) is 1.94. The third-order valence-electron chi connectivity index (χ3n) is 2.88. The molecule has 18 heavy (non-hydrogen) atoms. The van der Waals surface area contributed by atoms with Crippen molar-refractivity contribution in [3.63, 3.8) is 0 Å². The summed E-state index contributed by atoms with van der Waals surface area (Å²) in [5, 5.41) is 0. The standard InChI is InChI=1S/C11H18N2O5/c1-8(14)13-5-4-12(10(15)7-17-2)6-9(13)11(16)18-3/h9H,4-7H2,1-3H3/t9-/m1/s1. The number of nitrogens with zero attached hydrogens (tertiary/aromatic N) is 2. The van der Waals surface area contributed by atoms with Crippen LogP contribution in [0.15, 0.2) is 0 Å². The molecule has 0 aliphatic carbocycles. The monoisotopic (exact) mass is 258 g/mol. The Bertz CT molecular complexity index is 344. The van der Waals surface area contributed by atoms with Crippen LogP contribution in [0.3, 0.4) is 0 Å². The maximum atomic E-state index is 11.7. The van der Waals surface area contributed by atoms with Crippen LogP contribution in [-0.4, -0.2) is 74.1 Å². The zero-order chi connectivity index (χ0) is 13.7. The summed E-state index contributed by atoms with van der Waals surface area (Å²) in [6.07, 6.45) is 0. The molecule has 7 nitrogen and oxygen atoms in total. The van der Waals surface area contributed by atoms with Crippen LogP contribution in [0.2, 0.25) is 0 Å². The molecule has 1 aliphatic heterocycles. The summed E-state index contributed by atoms with van der Waals surface area (Å²) in [5.41, 5.74) is 0. The average Bonchev–Trinajstić information content (AvgIpc) is 2.37. The molecule has 102 valence electrons. The summed E-state index contributed by atoms with van der Waals surface area (Å²) in [4.78, 5) is 37.6. The summed E-state index contributed by atoms with van der Waals surface area (Å²) in [6.45, 7) is 2.23. The van der Waals surface area contributed by atoms with Gasteiger partial charge >= 0.3 is 5.97 Å². The Morgan fingerprint density at radius 2 is 1.89 bits per heavy atom. The zero-order valence-corrected chi connectivity index (χ0v) is 10.8. The van der Waals surface area contributed by atoms with Gasteiger partial charge in [-0.3, -0.25) is 9.59 Å². The maximum Gasteiger partial charge on any atom is 0.330 e. The van der Waals surface area contributed by atoms with Gasteiger partial charge in [0.25, 0.3) is 0 Å². The van der Waals surface area contributed by atoms with Crippen LogP contribution in [0.25, 0.3) is 0 Å². The smallest absolute Gasteiger partial charge is 0.330 e. The normalized spacial score (nSPS) is 19.6. The van der Waals surface area contributed by atoms with Gasteiger partial charge in [0.15, 0.2) is 0 Å². The van der Waals surface area contributed by atoms with Crippen molar-refractivity contribution in [3.05, 3.63) is 0 Å². The van der Waals surface area contributed by atoms with Crippen molar-refractivity contribution < 1.29 is 23.9 Å². The zero-order valence-electron chi connectivity index (χ0n) is 10.8. The molecule has 1 saturated heterocycles. The lowest BCUT2D eigenvalue weighted by Crippen LogP contribution is -2.59. The van der Waals surface area contributed by atoms with Gasteiger partial charge in [-0.25, -0.2) is 4.79 Å². The summed E-state index contributed by atoms with van der Waals surface area (Å²) < 4.78 is 9.42. The molecule has 0 unspecified atom stereocenters. The molecular weight excluding hydrogens is 240 g/mol. The molecule has 0 aromatic carbocycles. The van der Waals surface area contributed by atoms with Gasteiger partial charge in [0.05, 0.1) is 13.7 Å². The second kappa shape index (κ2) is 6.34. The van der Waals surface area contributed by atoms with Crippen LogP contribution in [0.5, 0.6) is 0 Å². The van der Waals surface area contributed by atoms with Crippen molar-refractivity contribution in [2.24, 2.45) is 0 Å². The first-order chi connectivity index (χ1) is 8.51. The molecular formula is C11H18N2O5. The molecule has 0 aromatic heterocycles. The SMILES string of the molecule is COCC(=O)N1CCN(C(C)=O)[C@@H](C(=O)OC)C1. The van der Waals surface area contributed by atoms with Gasteiger partial charge in [-0.2, -0.15) is 0 Å². The van der Waals surface area contributed by atoms with Crippen molar-refractivity contribution in [2.75, 3.05) is 40.5 Å². The quantitative estimate of drug-likeness (QED) is 0.598. The number of hydrogen-bond donors (Lipinski definition) is 0. The van der Waals surface area contributed by atoms with E-state index in [0.717, 1.165) is 0 Å². The fraction of sp³-hybridized carbons (Fsp3) is 0.727. The number of amides is 2. The van der Waals surface area contributed by atoms with Crippen LogP contribution < -0.4 is 0 Å². The van der Waals surface area contributed by atoms with Crippen LogP contribution in [0.1, 0.15) is 6.92 Å². The molecule has 0 bridgehead atoms. The Balaban J connectivity index is 2.76. The van der Waals surface area contributed by atoms with Gasteiger partial charge in [-0.05, 0) is 0 Å². The number of esters is 1. The molecule has 0 aromatic rings. The summed E-state index contributed by atoms with van der Waals surface area (Å²) in [5.74, 6) is -0.918. The average molecular weight is 258 g/mol. The molecule has 2 amide bonds. The number of hydrogen-bond acceptors (Lipinski definition) is 5. The third-order valence-corrected chi connectivity index (χ3v) is 2.88. The Morgan fingerprint density at radius 1 is 1.22 bits per heavy atom. The molecule has 1 rings (SSSR count). The summed E-state index contributed by atoms with van der Waals surface area (Å²) in [6, 6.07) is -0.734. The number of methoxy groups -OCH3 is 2.